The monoisotopic (exact) mass is 224 g/mol. The highest BCUT2D eigenvalue weighted by Crippen LogP contribution is 2.18. The van der Waals surface area contributed by atoms with Gasteiger partial charge in [-0.3, -0.25) is 0 Å². The van der Waals surface area contributed by atoms with Crippen LogP contribution in [0.4, 0.5) is 0 Å². The minimum atomic E-state index is 0.756. The molecular weight excluding hydrogens is 196 g/mol. The van der Waals surface area contributed by atoms with Gasteiger partial charge in [0, 0.05) is 18.1 Å². The molecule has 0 spiro atoms. The van der Waals surface area contributed by atoms with Crippen molar-refractivity contribution in [2.45, 2.75) is 82.8 Å². The highest BCUT2D eigenvalue weighted by molar-refractivity contribution is 4.79. The summed E-state index contributed by atoms with van der Waals surface area (Å²) in [5.74, 6) is 0. The molecule has 2 nitrogen and oxygen atoms in total. The Morgan fingerprint density at radius 3 is 2.50 bits per heavy atom. The molecule has 3 unspecified atom stereocenters. The molecule has 2 N–H and O–H groups in total. The average molecular weight is 224 g/mol. The summed E-state index contributed by atoms with van der Waals surface area (Å²) in [5.41, 5.74) is 0. The number of rotatable bonds is 4. The van der Waals surface area contributed by atoms with Crippen molar-refractivity contribution in [2.24, 2.45) is 0 Å². The van der Waals surface area contributed by atoms with Crippen molar-refractivity contribution in [1.29, 1.82) is 0 Å². The lowest BCUT2D eigenvalue weighted by atomic mass is 9.93. The Morgan fingerprint density at radius 1 is 0.938 bits per heavy atom. The Bertz CT molecular complexity index is 187. The van der Waals surface area contributed by atoms with Crippen LogP contribution in [-0.2, 0) is 0 Å². The summed E-state index contributed by atoms with van der Waals surface area (Å²) in [5, 5.41) is 7.38. The molecule has 0 saturated carbocycles. The molecule has 2 heterocycles. The fraction of sp³-hybridized carbons (Fsp3) is 1.00. The number of piperidine rings is 2. The summed E-state index contributed by atoms with van der Waals surface area (Å²) in [6.07, 6.45) is 12.6. The van der Waals surface area contributed by atoms with Gasteiger partial charge in [0.1, 0.15) is 0 Å². The van der Waals surface area contributed by atoms with E-state index in [2.05, 4.69) is 17.6 Å². The summed E-state index contributed by atoms with van der Waals surface area (Å²) in [6.45, 7) is 3.58. The third-order valence-electron chi connectivity index (χ3n) is 4.23. The largest absolute Gasteiger partial charge is 0.314 e. The molecule has 0 amide bonds. The van der Waals surface area contributed by atoms with E-state index >= 15 is 0 Å². The lowest BCUT2D eigenvalue weighted by Crippen LogP contribution is -2.40. The zero-order valence-electron chi connectivity index (χ0n) is 10.8. The Kier molecular flexibility index (Phi) is 5.11. The van der Waals surface area contributed by atoms with E-state index in [-0.39, 0.29) is 0 Å². The normalized spacial score (nSPS) is 36.2. The third kappa shape index (κ3) is 4.06. The van der Waals surface area contributed by atoms with E-state index in [4.69, 9.17) is 0 Å². The van der Waals surface area contributed by atoms with E-state index in [1.54, 1.807) is 0 Å². The Balaban J connectivity index is 1.56. The van der Waals surface area contributed by atoms with Gasteiger partial charge in [-0.15, -0.1) is 0 Å². The van der Waals surface area contributed by atoms with Gasteiger partial charge in [-0.25, -0.2) is 0 Å². The van der Waals surface area contributed by atoms with Crippen molar-refractivity contribution >= 4 is 0 Å². The first-order valence-electron chi connectivity index (χ1n) is 7.34. The molecule has 3 atom stereocenters. The molecule has 0 bridgehead atoms. The first-order chi connectivity index (χ1) is 7.84. The molecule has 16 heavy (non-hydrogen) atoms. The van der Waals surface area contributed by atoms with Gasteiger partial charge in [0.2, 0.25) is 0 Å². The fourth-order valence-corrected chi connectivity index (χ4v) is 3.25. The summed E-state index contributed by atoms with van der Waals surface area (Å²) in [7, 11) is 0. The molecule has 2 heteroatoms. The molecule has 2 saturated heterocycles. The van der Waals surface area contributed by atoms with E-state index < -0.39 is 0 Å². The minimum Gasteiger partial charge on any atom is -0.314 e. The second-order valence-electron chi connectivity index (χ2n) is 5.77. The molecule has 0 aromatic heterocycles. The van der Waals surface area contributed by atoms with Gasteiger partial charge < -0.3 is 10.6 Å². The van der Waals surface area contributed by atoms with Crippen LogP contribution in [0, 0.1) is 0 Å². The quantitative estimate of drug-likeness (QED) is 0.767. The molecule has 2 rings (SSSR count). The molecule has 2 fully saturated rings. The molecule has 0 aliphatic carbocycles. The van der Waals surface area contributed by atoms with Gasteiger partial charge in [-0.2, -0.15) is 0 Å². The summed E-state index contributed by atoms with van der Waals surface area (Å²) >= 11 is 0. The molecule has 0 aromatic carbocycles. The minimum absolute atomic E-state index is 0.756. The maximum atomic E-state index is 3.73. The Labute approximate surface area is 101 Å². The number of nitrogens with one attached hydrogen (secondary N) is 2. The van der Waals surface area contributed by atoms with Crippen LogP contribution in [-0.4, -0.2) is 24.7 Å². The molecular formula is C14H28N2. The third-order valence-corrected chi connectivity index (χ3v) is 4.23. The number of hydrogen-bond acceptors (Lipinski definition) is 2. The second-order valence-corrected chi connectivity index (χ2v) is 5.77. The van der Waals surface area contributed by atoms with Crippen molar-refractivity contribution in [3.63, 3.8) is 0 Å². The Hall–Kier alpha value is -0.0800. The van der Waals surface area contributed by atoms with E-state index in [0.717, 1.165) is 18.1 Å². The van der Waals surface area contributed by atoms with Gasteiger partial charge >= 0.3 is 0 Å². The van der Waals surface area contributed by atoms with Crippen LogP contribution in [0.5, 0.6) is 0 Å². The molecule has 0 aromatic rings. The van der Waals surface area contributed by atoms with Crippen molar-refractivity contribution < 1.29 is 0 Å². The van der Waals surface area contributed by atoms with E-state index in [1.165, 1.54) is 64.3 Å². The van der Waals surface area contributed by atoms with Crippen LogP contribution in [0.2, 0.25) is 0 Å². The van der Waals surface area contributed by atoms with E-state index in [1.807, 2.05) is 0 Å². The smallest absolute Gasteiger partial charge is 0.00695 e. The first kappa shape index (κ1) is 12.4. The van der Waals surface area contributed by atoms with Gasteiger partial charge in [0.25, 0.3) is 0 Å². The first-order valence-corrected chi connectivity index (χ1v) is 7.34. The highest BCUT2D eigenvalue weighted by atomic mass is 15.0. The van der Waals surface area contributed by atoms with Crippen LogP contribution < -0.4 is 10.6 Å². The maximum Gasteiger partial charge on any atom is 0.00695 e. The van der Waals surface area contributed by atoms with Crippen molar-refractivity contribution in [2.75, 3.05) is 6.54 Å². The standard InChI is InChI=1S/C14H28N2/c1-12-6-4-9-14(16-12)10-5-8-13-7-2-3-11-15-13/h12-16H,2-11H2,1H3. The number of hydrogen-bond donors (Lipinski definition) is 2. The van der Waals surface area contributed by atoms with Crippen molar-refractivity contribution in [1.82, 2.24) is 10.6 Å². The van der Waals surface area contributed by atoms with Crippen LogP contribution in [0.3, 0.4) is 0 Å². The summed E-state index contributed by atoms with van der Waals surface area (Å²) in [4.78, 5) is 0. The lowest BCUT2D eigenvalue weighted by Gasteiger charge is -2.29. The average Bonchev–Trinajstić information content (AvgIpc) is 2.30. The fourth-order valence-electron chi connectivity index (χ4n) is 3.25. The molecule has 2 aliphatic rings. The Morgan fingerprint density at radius 2 is 1.75 bits per heavy atom. The zero-order chi connectivity index (χ0) is 11.2. The lowest BCUT2D eigenvalue weighted by molar-refractivity contribution is 0.303. The SMILES string of the molecule is CC1CCCC(CCCC2CCCCN2)N1. The molecule has 94 valence electrons. The van der Waals surface area contributed by atoms with E-state index in [0.29, 0.717) is 0 Å². The summed E-state index contributed by atoms with van der Waals surface area (Å²) in [6, 6.07) is 2.40. The van der Waals surface area contributed by atoms with Crippen LogP contribution >= 0.6 is 0 Å². The predicted molar refractivity (Wildman–Crippen MR) is 69.7 cm³/mol. The topological polar surface area (TPSA) is 24.1 Å². The van der Waals surface area contributed by atoms with Gasteiger partial charge in [0.15, 0.2) is 0 Å². The van der Waals surface area contributed by atoms with Crippen LogP contribution in [0.1, 0.15) is 64.7 Å². The predicted octanol–water partition coefficient (Wildman–Crippen LogP) is 2.83. The second kappa shape index (κ2) is 6.61. The molecule has 0 radical (unpaired) electrons. The zero-order valence-corrected chi connectivity index (χ0v) is 10.8. The van der Waals surface area contributed by atoms with E-state index in [9.17, 15) is 0 Å². The van der Waals surface area contributed by atoms with Crippen LogP contribution in [0.15, 0.2) is 0 Å². The highest BCUT2D eigenvalue weighted by Gasteiger charge is 2.18. The maximum absolute atomic E-state index is 3.73. The molecule has 2 aliphatic heterocycles. The van der Waals surface area contributed by atoms with Gasteiger partial charge in [0.05, 0.1) is 0 Å². The van der Waals surface area contributed by atoms with Crippen molar-refractivity contribution in [3.05, 3.63) is 0 Å². The van der Waals surface area contributed by atoms with Gasteiger partial charge in [-0.1, -0.05) is 19.3 Å². The summed E-state index contributed by atoms with van der Waals surface area (Å²) < 4.78 is 0. The van der Waals surface area contributed by atoms with Gasteiger partial charge in [-0.05, 0) is 52.0 Å². The van der Waals surface area contributed by atoms with Crippen LogP contribution in [0.25, 0.3) is 0 Å². The van der Waals surface area contributed by atoms with Crippen molar-refractivity contribution in [3.8, 4) is 0 Å².